The fourth-order valence-electron chi connectivity index (χ4n) is 1.81. The highest BCUT2D eigenvalue weighted by atomic mass is 35.5. The maximum atomic E-state index is 11.7. The maximum Gasteiger partial charge on any atom is 0.350 e. The van der Waals surface area contributed by atoms with Gasteiger partial charge >= 0.3 is 5.97 Å². The number of hydrazone groups is 1. The smallest absolute Gasteiger partial charge is 0.350 e. The van der Waals surface area contributed by atoms with Crippen LogP contribution in [0.3, 0.4) is 0 Å². The number of aryl methyl sites for hydroxylation is 1. The van der Waals surface area contributed by atoms with Gasteiger partial charge in [0.05, 0.1) is 23.5 Å². The first-order chi connectivity index (χ1) is 10.4. The van der Waals surface area contributed by atoms with E-state index >= 15 is 0 Å². The van der Waals surface area contributed by atoms with Crippen molar-refractivity contribution >= 4 is 51.9 Å². The van der Waals surface area contributed by atoms with E-state index in [1.54, 1.807) is 18.2 Å². The molecule has 0 saturated heterocycles. The third-order valence-electron chi connectivity index (χ3n) is 3.00. The number of esters is 1. The van der Waals surface area contributed by atoms with E-state index in [0.29, 0.717) is 26.3 Å². The molecule has 0 aliphatic rings. The summed E-state index contributed by atoms with van der Waals surface area (Å²) in [5, 5.41) is 7.26. The molecule has 7 heteroatoms. The molecule has 0 atom stereocenters. The monoisotopic (exact) mass is 356 g/mol. The van der Waals surface area contributed by atoms with Gasteiger partial charge in [-0.25, -0.2) is 4.79 Å². The lowest BCUT2D eigenvalue weighted by atomic mass is 10.1. The Kier molecular flexibility index (Phi) is 5.45. The van der Waals surface area contributed by atoms with E-state index in [-0.39, 0.29) is 0 Å². The number of hydrogen-bond donors (Lipinski definition) is 1. The lowest BCUT2D eigenvalue weighted by Crippen LogP contribution is -2.05. The molecule has 2 aromatic rings. The summed E-state index contributed by atoms with van der Waals surface area (Å²) in [6.45, 7) is 3.72. The Labute approximate surface area is 142 Å². The number of carbonyl (C=O) groups is 1. The highest BCUT2D eigenvalue weighted by Crippen LogP contribution is 2.28. The SMILES string of the molecule is COC(=O)c1scc(C)c1N/N=C(\C)c1ccc(Cl)cc1Cl. The molecular formula is C15H14Cl2N2O2S. The highest BCUT2D eigenvalue weighted by molar-refractivity contribution is 7.12. The fraction of sp³-hybridized carbons (Fsp3) is 0.200. The molecule has 1 heterocycles. The van der Waals surface area contributed by atoms with Gasteiger partial charge in [0.15, 0.2) is 0 Å². The lowest BCUT2D eigenvalue weighted by Gasteiger charge is -2.07. The van der Waals surface area contributed by atoms with Crippen molar-refractivity contribution in [3.05, 3.63) is 49.6 Å². The third-order valence-corrected chi connectivity index (χ3v) is 4.63. The summed E-state index contributed by atoms with van der Waals surface area (Å²) in [7, 11) is 1.35. The number of benzene rings is 1. The molecule has 116 valence electrons. The fourth-order valence-corrected chi connectivity index (χ4v) is 3.27. The number of rotatable bonds is 4. The van der Waals surface area contributed by atoms with Gasteiger partial charge < -0.3 is 4.74 Å². The summed E-state index contributed by atoms with van der Waals surface area (Å²) in [5.74, 6) is -0.391. The van der Waals surface area contributed by atoms with Crippen LogP contribution in [-0.4, -0.2) is 18.8 Å². The molecule has 1 aromatic carbocycles. The van der Waals surface area contributed by atoms with E-state index in [9.17, 15) is 4.79 Å². The van der Waals surface area contributed by atoms with Gasteiger partial charge in [0.25, 0.3) is 0 Å². The predicted octanol–water partition coefficient (Wildman–Crippen LogP) is 4.99. The average Bonchev–Trinajstić information content (AvgIpc) is 2.85. The van der Waals surface area contributed by atoms with Gasteiger partial charge in [-0.2, -0.15) is 5.10 Å². The molecule has 1 N–H and O–H groups in total. The molecule has 2 rings (SSSR count). The molecule has 22 heavy (non-hydrogen) atoms. The van der Waals surface area contributed by atoms with Gasteiger partial charge in [-0.15, -0.1) is 11.3 Å². The third kappa shape index (κ3) is 3.61. The minimum atomic E-state index is -0.391. The summed E-state index contributed by atoms with van der Waals surface area (Å²) < 4.78 is 4.76. The van der Waals surface area contributed by atoms with Crippen LogP contribution in [-0.2, 0) is 4.74 Å². The second-order valence-corrected chi connectivity index (χ2v) is 6.27. The number of anilines is 1. The Morgan fingerprint density at radius 2 is 2.09 bits per heavy atom. The van der Waals surface area contributed by atoms with Crippen LogP contribution in [0.2, 0.25) is 10.0 Å². The number of hydrogen-bond acceptors (Lipinski definition) is 5. The van der Waals surface area contributed by atoms with Crippen LogP contribution < -0.4 is 5.43 Å². The molecule has 0 fully saturated rings. The number of carbonyl (C=O) groups excluding carboxylic acids is 1. The van der Waals surface area contributed by atoms with E-state index in [1.165, 1.54) is 18.4 Å². The number of thiophene rings is 1. The topological polar surface area (TPSA) is 50.7 Å². The van der Waals surface area contributed by atoms with Crippen LogP contribution in [0.1, 0.15) is 27.7 Å². The van der Waals surface area contributed by atoms with E-state index < -0.39 is 5.97 Å². The van der Waals surface area contributed by atoms with Gasteiger partial charge in [0.1, 0.15) is 4.88 Å². The Hall–Kier alpha value is -1.56. The molecule has 0 unspecified atom stereocenters. The van der Waals surface area contributed by atoms with Crippen LogP contribution in [0.25, 0.3) is 0 Å². The van der Waals surface area contributed by atoms with Crippen molar-refractivity contribution in [1.29, 1.82) is 0 Å². The summed E-state index contributed by atoms with van der Waals surface area (Å²) in [5.41, 5.74) is 5.94. The Balaban J connectivity index is 2.28. The molecule has 0 aliphatic carbocycles. The van der Waals surface area contributed by atoms with Crippen molar-refractivity contribution in [2.75, 3.05) is 12.5 Å². The van der Waals surface area contributed by atoms with Crippen molar-refractivity contribution < 1.29 is 9.53 Å². The van der Waals surface area contributed by atoms with Gasteiger partial charge in [-0.05, 0) is 36.9 Å². The average molecular weight is 357 g/mol. The number of methoxy groups -OCH3 is 1. The first-order valence-electron chi connectivity index (χ1n) is 6.36. The molecule has 0 aliphatic heterocycles. The Morgan fingerprint density at radius 3 is 2.73 bits per heavy atom. The van der Waals surface area contributed by atoms with Crippen LogP contribution in [0.15, 0.2) is 28.7 Å². The van der Waals surface area contributed by atoms with Crippen LogP contribution in [0.4, 0.5) is 5.69 Å². The standard InChI is InChI=1S/C15H14Cl2N2O2S/c1-8-7-22-14(15(20)21-3)13(8)19-18-9(2)11-5-4-10(16)6-12(11)17/h4-7,19H,1-3H3/b18-9+. The second-order valence-electron chi connectivity index (χ2n) is 4.55. The minimum absolute atomic E-state index is 0.391. The summed E-state index contributed by atoms with van der Waals surface area (Å²) in [6, 6.07) is 5.21. The molecular weight excluding hydrogens is 343 g/mol. The molecule has 4 nitrogen and oxygen atoms in total. The molecule has 0 radical (unpaired) electrons. The molecule has 0 amide bonds. The van der Waals surface area contributed by atoms with Crippen LogP contribution in [0.5, 0.6) is 0 Å². The van der Waals surface area contributed by atoms with Crippen molar-refractivity contribution in [2.24, 2.45) is 5.10 Å². The van der Waals surface area contributed by atoms with Crippen molar-refractivity contribution in [2.45, 2.75) is 13.8 Å². The van der Waals surface area contributed by atoms with E-state index in [1.807, 2.05) is 19.2 Å². The molecule has 0 saturated carbocycles. The largest absolute Gasteiger partial charge is 0.465 e. The zero-order valence-electron chi connectivity index (χ0n) is 12.2. The minimum Gasteiger partial charge on any atom is -0.465 e. The molecule has 1 aromatic heterocycles. The second kappa shape index (κ2) is 7.13. The Morgan fingerprint density at radius 1 is 1.36 bits per heavy atom. The van der Waals surface area contributed by atoms with Gasteiger partial charge in [-0.1, -0.05) is 29.3 Å². The summed E-state index contributed by atoms with van der Waals surface area (Å²) in [4.78, 5) is 12.2. The number of nitrogens with zero attached hydrogens (tertiary/aromatic N) is 1. The summed E-state index contributed by atoms with van der Waals surface area (Å²) >= 11 is 13.3. The van der Waals surface area contributed by atoms with E-state index in [4.69, 9.17) is 27.9 Å². The molecule has 0 bridgehead atoms. The highest BCUT2D eigenvalue weighted by Gasteiger charge is 2.16. The van der Waals surface area contributed by atoms with Crippen molar-refractivity contribution in [1.82, 2.24) is 0 Å². The van der Waals surface area contributed by atoms with E-state index in [0.717, 1.165) is 11.1 Å². The Bertz CT molecular complexity index is 741. The zero-order chi connectivity index (χ0) is 16.3. The zero-order valence-corrected chi connectivity index (χ0v) is 14.6. The number of nitrogens with one attached hydrogen (secondary N) is 1. The van der Waals surface area contributed by atoms with Crippen molar-refractivity contribution in [3.8, 4) is 0 Å². The first kappa shape index (κ1) is 16.8. The first-order valence-corrected chi connectivity index (χ1v) is 7.99. The number of halogens is 2. The van der Waals surface area contributed by atoms with Gasteiger partial charge in [0, 0.05) is 10.6 Å². The van der Waals surface area contributed by atoms with Crippen LogP contribution >= 0.6 is 34.5 Å². The summed E-state index contributed by atoms with van der Waals surface area (Å²) in [6.07, 6.45) is 0. The quantitative estimate of drug-likeness (QED) is 0.477. The van der Waals surface area contributed by atoms with Crippen LogP contribution in [0, 0.1) is 6.92 Å². The van der Waals surface area contributed by atoms with Gasteiger partial charge in [0.2, 0.25) is 0 Å². The normalized spacial score (nSPS) is 11.4. The molecule has 0 spiro atoms. The van der Waals surface area contributed by atoms with Gasteiger partial charge in [-0.3, -0.25) is 5.43 Å². The predicted molar refractivity (Wildman–Crippen MR) is 92.7 cm³/mol. The maximum absolute atomic E-state index is 11.7. The van der Waals surface area contributed by atoms with Crippen molar-refractivity contribution in [3.63, 3.8) is 0 Å². The van der Waals surface area contributed by atoms with E-state index in [2.05, 4.69) is 10.5 Å². The number of ether oxygens (including phenoxy) is 1. The lowest BCUT2D eigenvalue weighted by molar-refractivity contribution is 0.0607.